The Morgan fingerprint density at radius 2 is 2.17 bits per heavy atom. The molecule has 0 amide bonds. The number of nitrogens with zero attached hydrogens (tertiary/aromatic N) is 1. The number of benzene rings is 1. The molecule has 0 bridgehead atoms. The van der Waals surface area contributed by atoms with E-state index in [1.807, 2.05) is 6.07 Å². The highest BCUT2D eigenvalue weighted by atomic mass is 19.1. The van der Waals surface area contributed by atoms with E-state index in [2.05, 4.69) is 11.8 Å². The van der Waals surface area contributed by atoms with Crippen LogP contribution in [0.3, 0.4) is 0 Å². The molecule has 1 heterocycles. The summed E-state index contributed by atoms with van der Waals surface area (Å²) >= 11 is 0. The van der Waals surface area contributed by atoms with Crippen LogP contribution in [0, 0.1) is 5.82 Å². The van der Waals surface area contributed by atoms with Crippen LogP contribution in [-0.4, -0.2) is 17.5 Å². The van der Waals surface area contributed by atoms with Crippen molar-refractivity contribution in [1.29, 1.82) is 0 Å². The Labute approximate surface area is 109 Å². The van der Waals surface area contributed by atoms with E-state index in [1.54, 1.807) is 12.1 Å². The molecule has 0 radical (unpaired) electrons. The van der Waals surface area contributed by atoms with Crippen molar-refractivity contribution in [3.05, 3.63) is 35.1 Å². The van der Waals surface area contributed by atoms with Gasteiger partial charge in [0.05, 0.1) is 0 Å². The van der Waals surface area contributed by atoms with Gasteiger partial charge in [-0.25, -0.2) is 4.39 Å². The van der Waals surface area contributed by atoms with Gasteiger partial charge in [-0.15, -0.1) is 0 Å². The second kappa shape index (κ2) is 6.30. The molecule has 1 saturated heterocycles. The maximum atomic E-state index is 13.8. The van der Waals surface area contributed by atoms with Crippen LogP contribution in [0.2, 0.25) is 0 Å². The van der Waals surface area contributed by atoms with Gasteiger partial charge in [-0.1, -0.05) is 25.0 Å². The summed E-state index contributed by atoms with van der Waals surface area (Å²) in [5, 5.41) is 0. The Bertz CT molecular complexity index is 392. The molecule has 0 aliphatic carbocycles. The summed E-state index contributed by atoms with van der Waals surface area (Å²) in [7, 11) is 0. The number of likely N-dealkylation sites (tertiary alicyclic amines) is 1. The van der Waals surface area contributed by atoms with E-state index in [1.165, 1.54) is 25.7 Å². The predicted octanol–water partition coefficient (Wildman–Crippen LogP) is 3.05. The molecule has 1 aromatic carbocycles. The maximum absolute atomic E-state index is 13.8. The zero-order valence-electron chi connectivity index (χ0n) is 11.2. The number of hydrogen-bond donors (Lipinski definition) is 1. The molecule has 3 heteroatoms. The number of hydrogen-bond acceptors (Lipinski definition) is 2. The van der Waals surface area contributed by atoms with Crippen LogP contribution in [0.1, 0.15) is 43.7 Å². The molecule has 0 spiro atoms. The lowest BCUT2D eigenvalue weighted by molar-refractivity contribution is 0.202. The average molecular weight is 250 g/mol. The molecule has 1 unspecified atom stereocenters. The lowest BCUT2D eigenvalue weighted by Crippen LogP contribution is -2.32. The van der Waals surface area contributed by atoms with Crippen LogP contribution < -0.4 is 5.73 Å². The molecule has 2 nitrogen and oxygen atoms in total. The van der Waals surface area contributed by atoms with Crippen molar-refractivity contribution in [2.24, 2.45) is 5.73 Å². The number of nitrogens with two attached hydrogens (primary N) is 1. The van der Waals surface area contributed by atoms with Gasteiger partial charge in [0.2, 0.25) is 0 Å². The lowest BCUT2D eigenvalue weighted by Gasteiger charge is -2.27. The third-order valence-electron chi connectivity index (χ3n) is 3.91. The van der Waals surface area contributed by atoms with Crippen molar-refractivity contribution in [3.63, 3.8) is 0 Å². The smallest absolute Gasteiger partial charge is 0.127 e. The van der Waals surface area contributed by atoms with Crippen LogP contribution in [0.4, 0.5) is 4.39 Å². The molecule has 1 aromatic rings. The van der Waals surface area contributed by atoms with Crippen molar-refractivity contribution in [3.8, 4) is 0 Å². The first-order valence-electron chi connectivity index (χ1n) is 6.92. The molecular formula is C15H23FN2. The zero-order valence-corrected chi connectivity index (χ0v) is 11.2. The van der Waals surface area contributed by atoms with Gasteiger partial charge in [-0.05, 0) is 37.9 Å². The highest BCUT2D eigenvalue weighted by Gasteiger charge is 2.18. The van der Waals surface area contributed by atoms with E-state index < -0.39 is 0 Å². The van der Waals surface area contributed by atoms with E-state index in [9.17, 15) is 4.39 Å². The zero-order chi connectivity index (χ0) is 13.0. The van der Waals surface area contributed by atoms with Crippen LogP contribution in [-0.2, 0) is 13.1 Å². The van der Waals surface area contributed by atoms with Gasteiger partial charge < -0.3 is 5.73 Å². The molecule has 1 aliphatic rings. The quantitative estimate of drug-likeness (QED) is 0.893. The van der Waals surface area contributed by atoms with Gasteiger partial charge in [-0.2, -0.15) is 0 Å². The summed E-state index contributed by atoms with van der Waals surface area (Å²) in [5.41, 5.74) is 7.41. The van der Waals surface area contributed by atoms with Crippen molar-refractivity contribution >= 4 is 0 Å². The van der Waals surface area contributed by atoms with E-state index in [4.69, 9.17) is 5.73 Å². The van der Waals surface area contributed by atoms with Gasteiger partial charge in [0.25, 0.3) is 0 Å². The van der Waals surface area contributed by atoms with Crippen LogP contribution >= 0.6 is 0 Å². The topological polar surface area (TPSA) is 29.3 Å². The van der Waals surface area contributed by atoms with Gasteiger partial charge in [0.1, 0.15) is 5.82 Å². The number of rotatable bonds is 3. The monoisotopic (exact) mass is 250 g/mol. The van der Waals surface area contributed by atoms with E-state index in [0.29, 0.717) is 19.1 Å². The first-order chi connectivity index (χ1) is 8.70. The van der Waals surface area contributed by atoms with Crippen molar-refractivity contribution in [1.82, 2.24) is 4.90 Å². The molecule has 0 saturated carbocycles. The van der Waals surface area contributed by atoms with Crippen LogP contribution in [0.15, 0.2) is 18.2 Å². The normalized spacial score (nSPS) is 21.8. The fourth-order valence-electron chi connectivity index (χ4n) is 2.66. The molecular weight excluding hydrogens is 227 g/mol. The average Bonchev–Trinajstić information content (AvgIpc) is 2.58. The maximum Gasteiger partial charge on any atom is 0.127 e. The molecule has 2 rings (SSSR count). The summed E-state index contributed by atoms with van der Waals surface area (Å²) in [6, 6.07) is 5.77. The van der Waals surface area contributed by atoms with Crippen LogP contribution in [0.5, 0.6) is 0 Å². The second-order valence-electron chi connectivity index (χ2n) is 5.30. The summed E-state index contributed by atoms with van der Waals surface area (Å²) in [6.07, 6.45) is 5.04. The minimum absolute atomic E-state index is 0.108. The molecule has 2 N–H and O–H groups in total. The van der Waals surface area contributed by atoms with Gasteiger partial charge >= 0.3 is 0 Å². The predicted molar refractivity (Wildman–Crippen MR) is 72.6 cm³/mol. The molecule has 0 aromatic heterocycles. The fourth-order valence-corrected chi connectivity index (χ4v) is 2.66. The molecule has 1 atom stereocenters. The Kier molecular flexibility index (Phi) is 4.72. The first kappa shape index (κ1) is 13.5. The molecule has 100 valence electrons. The lowest BCUT2D eigenvalue weighted by atomic mass is 10.1. The Balaban J connectivity index is 2.11. The summed E-state index contributed by atoms with van der Waals surface area (Å²) < 4.78 is 13.8. The second-order valence-corrected chi connectivity index (χ2v) is 5.30. The molecule has 1 fully saturated rings. The molecule has 18 heavy (non-hydrogen) atoms. The SMILES string of the molecule is CC1CCCCCN1Cc1cc(CN)ccc1F. The standard InChI is InChI=1S/C15H23FN2/c1-12-5-3-2-4-8-18(12)11-14-9-13(10-17)6-7-15(14)16/h6-7,9,12H,2-5,8,10-11,17H2,1H3. The molecule has 1 aliphatic heterocycles. The van der Waals surface area contributed by atoms with Crippen molar-refractivity contribution in [2.75, 3.05) is 6.54 Å². The highest BCUT2D eigenvalue weighted by Crippen LogP contribution is 2.20. The fraction of sp³-hybridized carbons (Fsp3) is 0.600. The van der Waals surface area contributed by atoms with Crippen molar-refractivity contribution < 1.29 is 4.39 Å². The Hall–Kier alpha value is -0.930. The number of halogens is 1. The van der Waals surface area contributed by atoms with Gasteiger partial charge in [-0.3, -0.25) is 4.90 Å². The van der Waals surface area contributed by atoms with Crippen molar-refractivity contribution in [2.45, 2.75) is 51.7 Å². The largest absolute Gasteiger partial charge is 0.326 e. The van der Waals surface area contributed by atoms with E-state index in [-0.39, 0.29) is 5.82 Å². The van der Waals surface area contributed by atoms with Crippen LogP contribution in [0.25, 0.3) is 0 Å². The van der Waals surface area contributed by atoms with Gasteiger partial charge in [0.15, 0.2) is 0 Å². The van der Waals surface area contributed by atoms with E-state index >= 15 is 0 Å². The highest BCUT2D eigenvalue weighted by molar-refractivity contribution is 5.25. The third kappa shape index (κ3) is 3.30. The Morgan fingerprint density at radius 1 is 1.33 bits per heavy atom. The summed E-state index contributed by atoms with van der Waals surface area (Å²) in [5.74, 6) is -0.108. The minimum Gasteiger partial charge on any atom is -0.326 e. The van der Waals surface area contributed by atoms with Gasteiger partial charge in [0, 0.05) is 24.7 Å². The minimum atomic E-state index is -0.108. The Morgan fingerprint density at radius 3 is 2.94 bits per heavy atom. The first-order valence-corrected chi connectivity index (χ1v) is 6.92. The third-order valence-corrected chi connectivity index (χ3v) is 3.91. The summed E-state index contributed by atoms with van der Waals surface area (Å²) in [4.78, 5) is 2.39. The summed E-state index contributed by atoms with van der Waals surface area (Å²) in [6.45, 7) is 4.51. The van der Waals surface area contributed by atoms with E-state index in [0.717, 1.165) is 17.7 Å².